The van der Waals surface area contributed by atoms with E-state index in [-0.39, 0.29) is 59.1 Å². The summed E-state index contributed by atoms with van der Waals surface area (Å²) < 4.78 is 0. The second-order valence-electron chi connectivity index (χ2n) is 1.34. The largest absolute Gasteiger partial charge is 1.00 e. The van der Waals surface area contributed by atoms with E-state index >= 15 is 0 Å². The van der Waals surface area contributed by atoms with Crippen LogP contribution in [-0.4, -0.2) is 25.0 Å². The average Bonchev–Trinajstić information content (AvgIpc) is 1.79. The molecule has 0 saturated heterocycles. The number of azo groups is 1. The van der Waals surface area contributed by atoms with Crippen LogP contribution in [0, 0.1) is 0 Å². The van der Waals surface area contributed by atoms with Crippen molar-refractivity contribution >= 4 is 11.9 Å². The van der Waals surface area contributed by atoms with Crippen molar-refractivity contribution in [3.63, 3.8) is 0 Å². The van der Waals surface area contributed by atoms with Crippen molar-refractivity contribution in [3.8, 4) is 0 Å². The Balaban J connectivity index is -0.000000405. The van der Waals surface area contributed by atoms with E-state index in [0.29, 0.717) is 0 Å². The number of carboxylic acid groups (broad SMARTS) is 2. The summed E-state index contributed by atoms with van der Waals surface area (Å²) in [6.45, 7) is -1.24. The van der Waals surface area contributed by atoms with E-state index in [0.717, 1.165) is 0 Å². The van der Waals surface area contributed by atoms with Gasteiger partial charge >= 0.3 is 59.1 Å². The van der Waals surface area contributed by atoms with Crippen LogP contribution in [0.25, 0.3) is 0 Å². The van der Waals surface area contributed by atoms with Crippen LogP contribution in [0.1, 0.15) is 0 Å². The van der Waals surface area contributed by atoms with Gasteiger partial charge in [0.25, 0.3) is 0 Å². The number of hydrogen-bond donors (Lipinski definition) is 0. The second kappa shape index (κ2) is 11.5. The van der Waals surface area contributed by atoms with Gasteiger partial charge in [-0.3, -0.25) is 0 Å². The Labute approximate surface area is 113 Å². The molecule has 0 spiro atoms. The van der Waals surface area contributed by atoms with E-state index in [1.165, 1.54) is 0 Å². The number of carboxylic acids is 2. The summed E-state index contributed by atoms with van der Waals surface area (Å²) in [4.78, 5) is 19.2. The monoisotopic (exact) mass is 190 g/mol. The number of nitrogens with zero attached hydrogens (tertiary/aromatic N) is 2. The molecule has 0 heterocycles. The van der Waals surface area contributed by atoms with E-state index in [4.69, 9.17) is 0 Å². The van der Waals surface area contributed by atoms with E-state index < -0.39 is 25.0 Å². The van der Waals surface area contributed by atoms with Gasteiger partial charge in [0, 0.05) is 0 Å². The summed E-state index contributed by atoms with van der Waals surface area (Å²) in [6.07, 6.45) is 0. The van der Waals surface area contributed by atoms with Crippen LogP contribution in [-0.2, 0) is 9.59 Å². The van der Waals surface area contributed by atoms with Crippen LogP contribution in [0.15, 0.2) is 10.2 Å². The minimum atomic E-state index is -1.40. The quantitative estimate of drug-likeness (QED) is 0.324. The van der Waals surface area contributed by atoms with Gasteiger partial charge < -0.3 is 19.8 Å². The summed E-state index contributed by atoms with van der Waals surface area (Å²) >= 11 is 0. The first-order valence-electron chi connectivity index (χ1n) is 2.36. The van der Waals surface area contributed by atoms with Gasteiger partial charge in [0.15, 0.2) is 0 Å². The Morgan fingerprint density at radius 1 is 0.917 bits per heavy atom. The first-order chi connectivity index (χ1) is 4.63. The maximum absolute atomic E-state index is 9.62. The number of rotatable bonds is 4. The molecule has 0 aliphatic rings. The van der Waals surface area contributed by atoms with Gasteiger partial charge in [-0.05, 0) is 0 Å². The molecular formula is C4H4N2Na2O4. The molecule has 0 aromatic carbocycles. The summed E-state index contributed by atoms with van der Waals surface area (Å²) in [7, 11) is 0. The third-order valence-electron chi connectivity index (χ3n) is 0.500. The third kappa shape index (κ3) is 16.9. The van der Waals surface area contributed by atoms with Crippen LogP contribution in [0.4, 0.5) is 0 Å². The molecule has 8 heteroatoms. The zero-order valence-corrected chi connectivity index (χ0v) is 10.9. The molecule has 0 aliphatic carbocycles. The summed E-state index contributed by atoms with van der Waals surface area (Å²) in [5, 5.41) is 25.1. The van der Waals surface area contributed by atoms with Crippen molar-refractivity contribution < 1.29 is 78.9 Å². The molecule has 0 atom stereocenters. The Kier molecular flexibility index (Phi) is 17.6. The Morgan fingerprint density at radius 2 is 1.17 bits per heavy atom. The van der Waals surface area contributed by atoms with Crippen molar-refractivity contribution in [2.45, 2.75) is 0 Å². The molecule has 0 amide bonds. The smallest absolute Gasteiger partial charge is 0.548 e. The molecule has 0 N–H and O–H groups in total. The number of hydrogen-bond acceptors (Lipinski definition) is 6. The van der Waals surface area contributed by atoms with E-state index in [1.54, 1.807) is 0 Å². The molecule has 0 unspecified atom stereocenters. The Hall–Kier alpha value is 0.540. The van der Waals surface area contributed by atoms with Gasteiger partial charge in [0.05, 0.1) is 25.0 Å². The van der Waals surface area contributed by atoms with E-state index in [2.05, 4.69) is 10.2 Å². The molecule has 6 nitrogen and oxygen atoms in total. The third-order valence-corrected chi connectivity index (χ3v) is 0.500. The van der Waals surface area contributed by atoms with Crippen molar-refractivity contribution in [2.75, 3.05) is 13.1 Å². The van der Waals surface area contributed by atoms with Gasteiger partial charge in [-0.25, -0.2) is 0 Å². The van der Waals surface area contributed by atoms with Crippen molar-refractivity contribution in [1.82, 2.24) is 0 Å². The first-order valence-corrected chi connectivity index (χ1v) is 2.36. The van der Waals surface area contributed by atoms with Crippen molar-refractivity contribution in [1.29, 1.82) is 0 Å². The van der Waals surface area contributed by atoms with Crippen LogP contribution in [0.3, 0.4) is 0 Å². The SMILES string of the molecule is O=C([O-])CN=NCC(=O)[O-].[Na+].[Na+]. The number of aliphatic carboxylic acids is 2. The van der Waals surface area contributed by atoms with Gasteiger partial charge in [0.1, 0.15) is 0 Å². The van der Waals surface area contributed by atoms with Gasteiger partial charge in [-0.15, -0.1) is 0 Å². The fourth-order valence-electron chi connectivity index (χ4n) is 0.215. The molecule has 12 heavy (non-hydrogen) atoms. The predicted molar refractivity (Wildman–Crippen MR) is 24.6 cm³/mol. The topological polar surface area (TPSA) is 105 Å². The fourth-order valence-corrected chi connectivity index (χ4v) is 0.215. The van der Waals surface area contributed by atoms with Gasteiger partial charge in [-0.2, -0.15) is 10.2 Å². The van der Waals surface area contributed by atoms with Crippen LogP contribution < -0.4 is 69.3 Å². The fraction of sp³-hybridized carbons (Fsp3) is 0.500. The maximum atomic E-state index is 9.62. The number of carbonyl (C=O) groups excluding carboxylic acids is 2. The molecule has 0 aliphatic heterocycles. The van der Waals surface area contributed by atoms with Crippen molar-refractivity contribution in [3.05, 3.63) is 0 Å². The predicted octanol–water partition coefficient (Wildman–Crippen LogP) is -9.05. The second-order valence-corrected chi connectivity index (χ2v) is 1.34. The summed E-state index contributed by atoms with van der Waals surface area (Å²) in [5.41, 5.74) is 0. The van der Waals surface area contributed by atoms with Crippen LogP contribution >= 0.6 is 0 Å². The van der Waals surface area contributed by atoms with Crippen LogP contribution in [0.5, 0.6) is 0 Å². The molecule has 0 radical (unpaired) electrons. The number of carbonyl (C=O) groups is 2. The summed E-state index contributed by atoms with van der Waals surface area (Å²) in [6, 6.07) is 0. The normalized spacial score (nSPS) is 8.33. The molecule has 0 fully saturated rings. The zero-order chi connectivity index (χ0) is 7.98. The van der Waals surface area contributed by atoms with Crippen LogP contribution in [0.2, 0.25) is 0 Å². The molecule has 0 aromatic rings. The minimum absolute atomic E-state index is 0. The van der Waals surface area contributed by atoms with Crippen molar-refractivity contribution in [2.24, 2.45) is 10.2 Å². The van der Waals surface area contributed by atoms with E-state index in [9.17, 15) is 19.8 Å². The Bertz CT molecular complexity index is 154. The summed E-state index contributed by atoms with van der Waals surface area (Å²) in [5.74, 6) is -2.80. The van der Waals surface area contributed by atoms with Gasteiger partial charge in [0.2, 0.25) is 0 Å². The first kappa shape index (κ1) is 18.3. The van der Waals surface area contributed by atoms with E-state index in [1.807, 2.05) is 0 Å². The molecule has 0 saturated carbocycles. The molecule has 0 rings (SSSR count). The zero-order valence-electron chi connectivity index (χ0n) is 6.94. The molecule has 0 bridgehead atoms. The molecule has 56 valence electrons. The average molecular weight is 190 g/mol. The van der Waals surface area contributed by atoms with Gasteiger partial charge in [-0.1, -0.05) is 0 Å². The molecular weight excluding hydrogens is 186 g/mol. The molecule has 0 aromatic heterocycles. The minimum Gasteiger partial charge on any atom is -0.548 e. The maximum Gasteiger partial charge on any atom is 1.00 e. The Morgan fingerprint density at radius 3 is 1.33 bits per heavy atom. The standard InChI is InChI=1S/C4H6N2O4.2Na/c7-3(8)1-5-6-2-4(9)10;;/h1-2H2,(H,7,8)(H,9,10);;/q;2*+1/p-2.